The van der Waals surface area contributed by atoms with E-state index in [4.69, 9.17) is 4.74 Å². The Morgan fingerprint density at radius 1 is 0.778 bits per heavy atom. The Morgan fingerprint density at radius 3 is 1.93 bits per heavy atom. The summed E-state index contributed by atoms with van der Waals surface area (Å²) in [6.45, 7) is 2.63. The molecule has 1 atom stereocenters. The van der Waals surface area contributed by atoms with E-state index >= 15 is 0 Å². The molecule has 1 heterocycles. The zero-order valence-corrected chi connectivity index (χ0v) is 25.8. The second kappa shape index (κ2) is 13.7. The van der Waals surface area contributed by atoms with Crippen LogP contribution >= 0.6 is 0 Å². The van der Waals surface area contributed by atoms with Crippen molar-refractivity contribution in [1.82, 2.24) is 15.2 Å². The predicted molar refractivity (Wildman–Crippen MR) is 182 cm³/mol. The second-order valence-electron chi connectivity index (χ2n) is 11.5. The van der Waals surface area contributed by atoms with Gasteiger partial charge in [-0.2, -0.15) is 0 Å². The minimum Gasteiger partial charge on any atom is -0.497 e. The van der Waals surface area contributed by atoms with Crippen LogP contribution in [0.4, 0.5) is 0 Å². The van der Waals surface area contributed by atoms with Crippen LogP contribution in [0.5, 0.6) is 5.75 Å². The van der Waals surface area contributed by atoms with E-state index in [1.165, 1.54) is 10.9 Å². The van der Waals surface area contributed by atoms with Gasteiger partial charge in [0.2, 0.25) is 5.91 Å². The van der Waals surface area contributed by atoms with Crippen molar-refractivity contribution in [2.75, 3.05) is 13.7 Å². The molecule has 6 rings (SSSR count). The predicted octanol–water partition coefficient (Wildman–Crippen LogP) is 7.72. The van der Waals surface area contributed by atoms with Crippen LogP contribution in [-0.2, 0) is 23.3 Å². The minimum absolute atomic E-state index is 0.0216. The Labute approximate surface area is 265 Å². The summed E-state index contributed by atoms with van der Waals surface area (Å²) < 4.78 is 5.48. The van der Waals surface area contributed by atoms with Crippen molar-refractivity contribution >= 4 is 16.8 Å². The summed E-state index contributed by atoms with van der Waals surface area (Å²) >= 11 is 0. The number of ether oxygens (including phenoxy) is 1. The molecule has 2 N–H and O–H groups in total. The molecule has 0 aliphatic rings. The van der Waals surface area contributed by atoms with Crippen molar-refractivity contribution in [2.45, 2.75) is 31.5 Å². The number of fused-ring (bicyclic) bond motifs is 1. The number of para-hydroxylation sites is 1. The zero-order valence-electron chi connectivity index (χ0n) is 25.8. The van der Waals surface area contributed by atoms with Gasteiger partial charge in [-0.1, -0.05) is 121 Å². The molecule has 226 valence electrons. The summed E-state index contributed by atoms with van der Waals surface area (Å²) in [6, 6.07) is 48.1. The number of methoxy groups -OCH3 is 1. The maximum atomic E-state index is 13.3. The molecule has 1 amide bonds. The van der Waals surface area contributed by atoms with Crippen LogP contribution in [0.2, 0.25) is 0 Å². The molecule has 0 radical (unpaired) electrons. The van der Waals surface area contributed by atoms with E-state index < -0.39 is 5.54 Å². The van der Waals surface area contributed by atoms with Gasteiger partial charge in [-0.15, -0.1) is 0 Å². The number of rotatable bonds is 12. The lowest BCUT2D eigenvalue weighted by molar-refractivity contribution is -0.129. The van der Waals surface area contributed by atoms with Crippen molar-refractivity contribution in [3.63, 3.8) is 0 Å². The van der Waals surface area contributed by atoms with Crippen LogP contribution in [0.3, 0.4) is 0 Å². The van der Waals surface area contributed by atoms with Gasteiger partial charge in [0.1, 0.15) is 5.75 Å². The molecule has 6 aromatic rings. The smallest absolute Gasteiger partial charge is 0.219 e. The van der Waals surface area contributed by atoms with Crippen molar-refractivity contribution < 1.29 is 9.53 Å². The van der Waals surface area contributed by atoms with Gasteiger partial charge in [0, 0.05) is 43.2 Å². The lowest BCUT2D eigenvalue weighted by Gasteiger charge is -2.41. The van der Waals surface area contributed by atoms with Crippen molar-refractivity contribution in [1.29, 1.82) is 0 Å². The largest absolute Gasteiger partial charge is 0.497 e. The van der Waals surface area contributed by atoms with Crippen LogP contribution < -0.4 is 10.1 Å². The molecule has 5 nitrogen and oxygen atoms in total. The van der Waals surface area contributed by atoms with E-state index in [0.29, 0.717) is 19.5 Å². The summed E-state index contributed by atoms with van der Waals surface area (Å²) in [5, 5.41) is 5.37. The van der Waals surface area contributed by atoms with E-state index in [-0.39, 0.29) is 11.9 Å². The molecule has 0 fully saturated rings. The third kappa shape index (κ3) is 6.54. The number of aromatic nitrogens is 1. The van der Waals surface area contributed by atoms with Crippen LogP contribution in [-0.4, -0.2) is 35.5 Å². The molecule has 0 spiro atoms. The average molecular weight is 594 g/mol. The highest BCUT2D eigenvalue weighted by atomic mass is 16.5. The summed E-state index contributed by atoms with van der Waals surface area (Å²) in [7, 11) is 1.67. The van der Waals surface area contributed by atoms with Gasteiger partial charge in [-0.25, -0.2) is 0 Å². The van der Waals surface area contributed by atoms with E-state index in [2.05, 4.69) is 132 Å². The highest BCUT2D eigenvalue weighted by Gasteiger charge is 2.38. The summed E-state index contributed by atoms with van der Waals surface area (Å²) in [4.78, 5) is 18.7. The third-order valence-electron chi connectivity index (χ3n) is 8.58. The lowest BCUT2D eigenvalue weighted by atomic mass is 9.76. The van der Waals surface area contributed by atoms with Gasteiger partial charge in [0.15, 0.2) is 0 Å². The maximum Gasteiger partial charge on any atom is 0.219 e. The first kappa shape index (κ1) is 29.9. The highest BCUT2D eigenvalue weighted by molar-refractivity contribution is 5.83. The molecule has 0 saturated carbocycles. The van der Waals surface area contributed by atoms with Gasteiger partial charge >= 0.3 is 0 Å². The molecule has 0 aliphatic heterocycles. The van der Waals surface area contributed by atoms with E-state index in [9.17, 15) is 4.79 Å². The topological polar surface area (TPSA) is 57.4 Å². The maximum absolute atomic E-state index is 13.3. The molecule has 0 bridgehead atoms. The fourth-order valence-electron chi connectivity index (χ4n) is 6.41. The monoisotopic (exact) mass is 593 g/mol. The highest BCUT2D eigenvalue weighted by Crippen LogP contribution is 2.38. The first-order valence-electron chi connectivity index (χ1n) is 15.4. The number of nitrogens with one attached hydrogen (secondary N) is 2. The molecule has 1 unspecified atom stereocenters. The summed E-state index contributed by atoms with van der Waals surface area (Å²) in [5.41, 5.74) is 6.05. The Hall–Kier alpha value is -5.13. The number of carbonyl (C=O) groups excluding carboxylic acids is 1. The van der Waals surface area contributed by atoms with Crippen LogP contribution in [0, 0.1) is 0 Å². The van der Waals surface area contributed by atoms with E-state index in [1.54, 1.807) is 14.0 Å². The molecule has 5 heteroatoms. The second-order valence-corrected chi connectivity index (χ2v) is 11.5. The number of aromatic amines is 1. The number of nitrogens with zero attached hydrogens (tertiary/aromatic N) is 1. The summed E-state index contributed by atoms with van der Waals surface area (Å²) in [6.07, 6.45) is 2.81. The molecule has 5 aromatic carbocycles. The molecule has 0 aliphatic carbocycles. The molecule has 1 aromatic heterocycles. The van der Waals surface area contributed by atoms with Gasteiger partial charge < -0.3 is 14.6 Å². The van der Waals surface area contributed by atoms with E-state index in [1.807, 2.05) is 29.2 Å². The number of carbonyl (C=O) groups is 1. The molecule has 0 saturated heterocycles. The van der Waals surface area contributed by atoms with Crippen LogP contribution in [0.1, 0.15) is 34.7 Å². The van der Waals surface area contributed by atoms with Gasteiger partial charge in [-0.05, 0) is 52.4 Å². The standard InChI is InChI=1S/C40H39N3O2/c1-30(44)43(28-31-15-14-22-37(25-31)45-2)29-36(26-32-27-41-39-24-13-12-23-38(32)39)42-40(33-16-6-3-7-17-33,34-18-8-4-9-19-34)35-20-10-5-11-21-35/h3-25,27,36,41-42H,26,28-29H2,1-2H3. The summed E-state index contributed by atoms with van der Waals surface area (Å²) in [5.74, 6) is 0.800. The Balaban J connectivity index is 1.48. The molecular formula is C40H39N3O2. The Kier molecular flexibility index (Phi) is 9.09. The first-order chi connectivity index (χ1) is 22.1. The lowest BCUT2D eigenvalue weighted by Crippen LogP contribution is -2.54. The van der Waals surface area contributed by atoms with E-state index in [0.717, 1.165) is 33.5 Å². The van der Waals surface area contributed by atoms with Crippen molar-refractivity contribution in [3.05, 3.63) is 174 Å². The number of hydrogen-bond donors (Lipinski definition) is 2. The molecule has 45 heavy (non-hydrogen) atoms. The van der Waals surface area contributed by atoms with Crippen LogP contribution in [0.15, 0.2) is 146 Å². The van der Waals surface area contributed by atoms with Gasteiger partial charge in [-0.3, -0.25) is 10.1 Å². The Morgan fingerprint density at radius 2 is 1.36 bits per heavy atom. The van der Waals surface area contributed by atoms with Crippen molar-refractivity contribution in [3.8, 4) is 5.75 Å². The van der Waals surface area contributed by atoms with Crippen molar-refractivity contribution in [2.24, 2.45) is 0 Å². The third-order valence-corrected chi connectivity index (χ3v) is 8.58. The zero-order chi connectivity index (χ0) is 31.1. The number of amides is 1. The quantitative estimate of drug-likeness (QED) is 0.143. The first-order valence-corrected chi connectivity index (χ1v) is 15.4. The van der Waals surface area contributed by atoms with Gasteiger partial charge in [0.25, 0.3) is 0 Å². The molecular weight excluding hydrogens is 554 g/mol. The van der Waals surface area contributed by atoms with Crippen LogP contribution in [0.25, 0.3) is 10.9 Å². The normalized spacial score (nSPS) is 12.1. The average Bonchev–Trinajstić information content (AvgIpc) is 3.50. The fraction of sp³-hybridized carbons (Fsp3) is 0.175. The fourth-order valence-corrected chi connectivity index (χ4v) is 6.41. The number of hydrogen-bond acceptors (Lipinski definition) is 3. The van der Waals surface area contributed by atoms with Gasteiger partial charge in [0.05, 0.1) is 12.6 Å². The Bertz CT molecular complexity index is 1740. The number of H-pyrrole nitrogens is 1. The minimum atomic E-state index is -0.682. The number of benzene rings is 5. The SMILES string of the molecule is COc1cccc(CN(CC(Cc2c[nH]c3ccccc23)NC(c2ccccc2)(c2ccccc2)c2ccccc2)C(C)=O)c1.